The minimum absolute atomic E-state index is 0.0381. The van der Waals surface area contributed by atoms with E-state index < -0.39 is 6.43 Å². The predicted molar refractivity (Wildman–Crippen MR) is 77.8 cm³/mol. The summed E-state index contributed by atoms with van der Waals surface area (Å²) in [7, 11) is 0. The minimum atomic E-state index is -2.42. The highest BCUT2D eigenvalue weighted by molar-refractivity contribution is 5.27. The van der Waals surface area contributed by atoms with Gasteiger partial charge < -0.3 is 5.73 Å². The summed E-state index contributed by atoms with van der Waals surface area (Å²) in [4.78, 5) is 2.37. The number of piperidine rings is 1. The van der Waals surface area contributed by atoms with Gasteiger partial charge in [-0.05, 0) is 43.9 Å². The van der Waals surface area contributed by atoms with Crippen molar-refractivity contribution in [2.45, 2.75) is 45.2 Å². The van der Waals surface area contributed by atoms with Crippen LogP contribution in [0.3, 0.4) is 0 Å². The molecule has 1 aliphatic heterocycles. The summed E-state index contributed by atoms with van der Waals surface area (Å²) in [6.07, 6.45) is -0.132. The minimum Gasteiger partial charge on any atom is -0.329 e. The second kappa shape index (κ2) is 6.64. The summed E-state index contributed by atoms with van der Waals surface area (Å²) in [5.41, 5.74) is 6.92. The fraction of sp³-hybridized carbons (Fsp3) is 0.625. The van der Waals surface area contributed by atoms with Crippen LogP contribution in [0.15, 0.2) is 24.3 Å². The second-order valence-corrected chi connectivity index (χ2v) is 5.94. The molecule has 0 radical (unpaired) electrons. The first kappa shape index (κ1) is 15.4. The molecule has 1 heterocycles. The lowest BCUT2D eigenvalue weighted by molar-refractivity contribution is 0.0844. The number of alkyl halides is 2. The SMILES string of the molecule is CC1CCN(C(CN)c2cccc(C(F)F)c2)C(C)C1. The number of nitrogens with zero attached hydrogens (tertiary/aromatic N) is 1. The molecule has 3 atom stereocenters. The molecule has 0 amide bonds. The van der Waals surface area contributed by atoms with E-state index in [1.807, 2.05) is 6.07 Å². The average Bonchev–Trinajstić information content (AvgIpc) is 2.42. The van der Waals surface area contributed by atoms with Gasteiger partial charge in [0.1, 0.15) is 0 Å². The zero-order valence-corrected chi connectivity index (χ0v) is 12.2. The Balaban J connectivity index is 2.21. The second-order valence-electron chi connectivity index (χ2n) is 5.94. The zero-order chi connectivity index (χ0) is 14.7. The maximum Gasteiger partial charge on any atom is 0.263 e. The quantitative estimate of drug-likeness (QED) is 0.911. The summed E-state index contributed by atoms with van der Waals surface area (Å²) >= 11 is 0. The van der Waals surface area contributed by atoms with Crippen molar-refractivity contribution in [1.29, 1.82) is 0 Å². The molecule has 0 spiro atoms. The van der Waals surface area contributed by atoms with Crippen molar-refractivity contribution in [3.8, 4) is 0 Å². The monoisotopic (exact) mass is 282 g/mol. The summed E-state index contributed by atoms with van der Waals surface area (Å²) < 4.78 is 25.7. The Morgan fingerprint density at radius 1 is 1.30 bits per heavy atom. The number of halogens is 2. The standard InChI is InChI=1S/C16H24F2N2/c1-11-6-7-20(12(2)8-11)15(10-19)13-4-3-5-14(9-13)16(17)18/h3-5,9,11-12,15-16H,6-8,10,19H2,1-2H3. The summed E-state index contributed by atoms with van der Waals surface area (Å²) in [6.45, 7) is 5.92. The molecular formula is C16H24F2N2. The first-order valence-electron chi connectivity index (χ1n) is 7.36. The lowest BCUT2D eigenvalue weighted by atomic mass is 9.90. The van der Waals surface area contributed by atoms with E-state index in [0.717, 1.165) is 30.9 Å². The maximum absolute atomic E-state index is 12.8. The maximum atomic E-state index is 12.8. The molecule has 20 heavy (non-hydrogen) atoms. The van der Waals surface area contributed by atoms with Gasteiger partial charge in [0.15, 0.2) is 0 Å². The van der Waals surface area contributed by atoms with Crippen LogP contribution in [0, 0.1) is 5.92 Å². The van der Waals surface area contributed by atoms with Crippen LogP contribution in [0.25, 0.3) is 0 Å². The van der Waals surface area contributed by atoms with Crippen LogP contribution >= 0.6 is 0 Å². The number of hydrogen-bond donors (Lipinski definition) is 1. The smallest absolute Gasteiger partial charge is 0.263 e. The largest absolute Gasteiger partial charge is 0.329 e. The van der Waals surface area contributed by atoms with Gasteiger partial charge in [-0.25, -0.2) is 8.78 Å². The number of nitrogens with two attached hydrogens (primary N) is 1. The highest BCUT2D eigenvalue weighted by Gasteiger charge is 2.29. The topological polar surface area (TPSA) is 29.3 Å². The van der Waals surface area contributed by atoms with E-state index in [2.05, 4.69) is 18.7 Å². The fourth-order valence-electron chi connectivity index (χ4n) is 3.25. The van der Waals surface area contributed by atoms with Crippen LogP contribution < -0.4 is 5.73 Å². The Bertz CT molecular complexity index is 436. The third-order valence-corrected chi connectivity index (χ3v) is 4.36. The third-order valence-electron chi connectivity index (χ3n) is 4.36. The predicted octanol–water partition coefficient (Wildman–Crippen LogP) is 3.74. The van der Waals surface area contributed by atoms with Crippen molar-refractivity contribution >= 4 is 0 Å². The number of hydrogen-bond acceptors (Lipinski definition) is 2. The van der Waals surface area contributed by atoms with Gasteiger partial charge in [-0.1, -0.05) is 25.1 Å². The highest BCUT2D eigenvalue weighted by atomic mass is 19.3. The van der Waals surface area contributed by atoms with Crippen LogP contribution in [0.4, 0.5) is 8.78 Å². The molecule has 0 saturated carbocycles. The van der Waals surface area contributed by atoms with Crippen molar-refractivity contribution in [2.75, 3.05) is 13.1 Å². The van der Waals surface area contributed by atoms with E-state index in [4.69, 9.17) is 5.73 Å². The van der Waals surface area contributed by atoms with E-state index in [0.29, 0.717) is 12.6 Å². The molecule has 0 aromatic heterocycles. The Hall–Kier alpha value is -1.00. The van der Waals surface area contributed by atoms with Crippen LogP contribution in [-0.4, -0.2) is 24.0 Å². The average molecular weight is 282 g/mol. The summed E-state index contributed by atoms with van der Waals surface area (Å²) in [5.74, 6) is 0.729. The van der Waals surface area contributed by atoms with Gasteiger partial charge in [0.2, 0.25) is 0 Å². The molecule has 1 aromatic carbocycles. The number of likely N-dealkylation sites (tertiary alicyclic amines) is 1. The first-order chi connectivity index (χ1) is 9.52. The van der Waals surface area contributed by atoms with Gasteiger partial charge in [0, 0.05) is 24.2 Å². The molecule has 112 valence electrons. The fourth-order valence-corrected chi connectivity index (χ4v) is 3.25. The van der Waals surface area contributed by atoms with Gasteiger partial charge in [-0.15, -0.1) is 0 Å². The molecule has 1 aromatic rings. The molecule has 4 heteroatoms. The lowest BCUT2D eigenvalue weighted by Crippen LogP contribution is -2.44. The van der Waals surface area contributed by atoms with E-state index in [-0.39, 0.29) is 11.6 Å². The van der Waals surface area contributed by atoms with Crippen LogP contribution in [0.5, 0.6) is 0 Å². The van der Waals surface area contributed by atoms with Gasteiger partial charge in [-0.3, -0.25) is 4.90 Å². The Kier molecular flexibility index (Phi) is 5.11. The van der Waals surface area contributed by atoms with Crippen molar-refractivity contribution in [3.05, 3.63) is 35.4 Å². The Labute approximate surface area is 120 Å². The summed E-state index contributed by atoms with van der Waals surface area (Å²) in [5, 5.41) is 0. The lowest BCUT2D eigenvalue weighted by Gasteiger charge is -2.41. The molecule has 3 unspecified atom stereocenters. The van der Waals surface area contributed by atoms with Crippen molar-refractivity contribution < 1.29 is 8.78 Å². The molecule has 2 N–H and O–H groups in total. The van der Waals surface area contributed by atoms with Crippen LogP contribution in [-0.2, 0) is 0 Å². The zero-order valence-electron chi connectivity index (χ0n) is 12.2. The Morgan fingerprint density at radius 2 is 2.00 bits per heavy atom. The highest BCUT2D eigenvalue weighted by Crippen LogP contribution is 2.31. The first-order valence-corrected chi connectivity index (χ1v) is 7.36. The molecule has 0 aliphatic carbocycles. The van der Waals surface area contributed by atoms with Gasteiger partial charge >= 0.3 is 0 Å². The van der Waals surface area contributed by atoms with Gasteiger partial charge in [0.05, 0.1) is 0 Å². The van der Waals surface area contributed by atoms with Crippen LogP contribution in [0.1, 0.15) is 50.3 Å². The van der Waals surface area contributed by atoms with Crippen molar-refractivity contribution in [2.24, 2.45) is 11.7 Å². The molecule has 2 rings (SSSR count). The van der Waals surface area contributed by atoms with E-state index in [1.165, 1.54) is 6.07 Å². The molecule has 1 fully saturated rings. The van der Waals surface area contributed by atoms with E-state index in [9.17, 15) is 8.78 Å². The van der Waals surface area contributed by atoms with Gasteiger partial charge in [0.25, 0.3) is 6.43 Å². The molecule has 2 nitrogen and oxygen atoms in total. The normalized spacial score (nSPS) is 25.9. The molecular weight excluding hydrogens is 258 g/mol. The summed E-state index contributed by atoms with van der Waals surface area (Å²) in [6, 6.07) is 7.18. The Morgan fingerprint density at radius 3 is 2.60 bits per heavy atom. The van der Waals surface area contributed by atoms with Crippen LogP contribution in [0.2, 0.25) is 0 Å². The number of rotatable bonds is 4. The van der Waals surface area contributed by atoms with Crippen molar-refractivity contribution in [1.82, 2.24) is 4.90 Å². The molecule has 0 bridgehead atoms. The van der Waals surface area contributed by atoms with Gasteiger partial charge in [-0.2, -0.15) is 0 Å². The number of benzene rings is 1. The molecule has 1 aliphatic rings. The van der Waals surface area contributed by atoms with Crippen molar-refractivity contribution in [3.63, 3.8) is 0 Å². The van der Waals surface area contributed by atoms with E-state index in [1.54, 1.807) is 12.1 Å². The third kappa shape index (κ3) is 3.36. The van der Waals surface area contributed by atoms with E-state index >= 15 is 0 Å². The molecule has 1 saturated heterocycles.